The summed E-state index contributed by atoms with van der Waals surface area (Å²) >= 11 is 1.19. The van der Waals surface area contributed by atoms with Crippen molar-refractivity contribution in [2.24, 2.45) is 5.92 Å². The van der Waals surface area contributed by atoms with Gasteiger partial charge in [0, 0.05) is 29.9 Å². The van der Waals surface area contributed by atoms with Crippen LogP contribution in [0.4, 0.5) is 11.4 Å². The number of nitro benzene ring substituents is 1. The van der Waals surface area contributed by atoms with Gasteiger partial charge in [-0.15, -0.1) is 16.8 Å². The Bertz CT molecular complexity index is 1260. The topological polar surface area (TPSA) is 141 Å². The number of carbonyl (C=O) groups excluding carboxylic acids is 2. The van der Waals surface area contributed by atoms with E-state index in [-0.39, 0.29) is 29.2 Å². The van der Waals surface area contributed by atoms with E-state index in [4.69, 9.17) is 4.74 Å². The minimum absolute atomic E-state index is 0.00162. The summed E-state index contributed by atoms with van der Waals surface area (Å²) in [5.74, 6) is 0.680. The van der Waals surface area contributed by atoms with Crippen LogP contribution in [0.15, 0.2) is 66.3 Å². The van der Waals surface area contributed by atoms with Gasteiger partial charge in [0.15, 0.2) is 11.0 Å². The Morgan fingerprint density at radius 1 is 1.16 bits per heavy atom. The maximum Gasteiger partial charge on any atom is 0.269 e. The number of nitrogens with zero attached hydrogens (tertiary/aromatic N) is 4. The number of rotatable bonds is 12. The van der Waals surface area contributed by atoms with Crippen LogP contribution in [0.5, 0.6) is 5.75 Å². The van der Waals surface area contributed by atoms with E-state index >= 15 is 0 Å². The summed E-state index contributed by atoms with van der Waals surface area (Å²) in [7, 11) is 1.56. The number of allylic oxidation sites excluding steroid dienone is 1. The van der Waals surface area contributed by atoms with Crippen molar-refractivity contribution >= 4 is 35.0 Å². The molecule has 0 aliphatic rings. The van der Waals surface area contributed by atoms with Crippen LogP contribution in [0.25, 0.3) is 0 Å². The predicted molar refractivity (Wildman–Crippen MR) is 141 cm³/mol. The number of methoxy groups -OCH3 is 1. The lowest BCUT2D eigenvalue weighted by molar-refractivity contribution is -0.384. The number of nitrogens with one attached hydrogen (secondary N) is 2. The van der Waals surface area contributed by atoms with Gasteiger partial charge in [-0.05, 0) is 42.3 Å². The molecule has 1 aromatic heterocycles. The van der Waals surface area contributed by atoms with Gasteiger partial charge in [0.25, 0.3) is 11.6 Å². The number of non-ortho nitro benzene ring substituents is 1. The molecular weight excluding hydrogens is 496 g/mol. The summed E-state index contributed by atoms with van der Waals surface area (Å²) in [4.78, 5) is 35.7. The number of amides is 2. The van der Waals surface area contributed by atoms with Crippen molar-refractivity contribution in [2.45, 2.75) is 31.6 Å². The lowest BCUT2D eigenvalue weighted by Crippen LogP contribution is -2.33. The van der Waals surface area contributed by atoms with Crippen molar-refractivity contribution in [3.05, 3.63) is 82.7 Å². The fourth-order valence-corrected chi connectivity index (χ4v) is 4.18. The van der Waals surface area contributed by atoms with E-state index in [2.05, 4.69) is 27.4 Å². The van der Waals surface area contributed by atoms with Crippen molar-refractivity contribution in [1.82, 2.24) is 20.1 Å². The summed E-state index contributed by atoms with van der Waals surface area (Å²) in [5.41, 5.74) is 0.875. The van der Waals surface area contributed by atoms with Gasteiger partial charge in [-0.1, -0.05) is 31.7 Å². The molecule has 1 heterocycles. The highest BCUT2D eigenvalue weighted by atomic mass is 32.2. The van der Waals surface area contributed by atoms with Crippen molar-refractivity contribution in [3.8, 4) is 5.75 Å². The van der Waals surface area contributed by atoms with E-state index in [1.807, 2.05) is 18.4 Å². The highest BCUT2D eigenvalue weighted by Gasteiger charge is 2.26. The molecule has 1 atom stereocenters. The van der Waals surface area contributed by atoms with Crippen LogP contribution in [-0.2, 0) is 11.3 Å². The Labute approximate surface area is 218 Å². The van der Waals surface area contributed by atoms with E-state index in [9.17, 15) is 19.7 Å². The monoisotopic (exact) mass is 524 g/mol. The number of anilines is 1. The molecule has 0 radical (unpaired) electrons. The van der Waals surface area contributed by atoms with Crippen LogP contribution in [0, 0.1) is 16.0 Å². The highest BCUT2D eigenvalue weighted by Crippen LogP contribution is 2.26. The molecule has 194 valence electrons. The molecular formula is C25H28N6O5S. The molecule has 0 fully saturated rings. The Hall–Kier alpha value is -4.19. The van der Waals surface area contributed by atoms with E-state index in [1.165, 1.54) is 36.0 Å². The van der Waals surface area contributed by atoms with Crippen LogP contribution < -0.4 is 15.4 Å². The van der Waals surface area contributed by atoms with Gasteiger partial charge >= 0.3 is 0 Å². The molecule has 2 aromatic carbocycles. The standard InChI is InChI=1S/C25H28N6O5S/c1-5-14-30-23(22(16(2)3)27-24(33)17-6-12-20(36-4)13-7-17)28-29-25(30)37-15-21(32)26-18-8-10-19(11-9-18)31(34)35/h5-13,16,22H,1,14-15H2,2-4H3,(H,26,32)(H,27,33)/t22-/m1/s1. The molecule has 3 aromatic rings. The molecule has 0 spiro atoms. The summed E-state index contributed by atoms with van der Waals surface area (Å²) in [5, 5.41) is 25.6. The maximum absolute atomic E-state index is 12.9. The molecule has 11 nitrogen and oxygen atoms in total. The molecule has 12 heteroatoms. The van der Waals surface area contributed by atoms with Gasteiger partial charge in [0.05, 0.1) is 23.8 Å². The SMILES string of the molecule is C=CCn1c(SCC(=O)Nc2ccc([N+](=O)[O-])cc2)nnc1[C@H](NC(=O)c1ccc(OC)cc1)C(C)C. The number of aromatic nitrogens is 3. The number of thioether (sulfide) groups is 1. The first-order valence-corrected chi connectivity index (χ1v) is 12.4. The summed E-state index contributed by atoms with van der Waals surface area (Å²) in [6, 6.07) is 12.0. The van der Waals surface area contributed by atoms with E-state index in [0.717, 1.165) is 0 Å². The second-order valence-electron chi connectivity index (χ2n) is 8.30. The molecule has 2 amide bonds. The van der Waals surface area contributed by atoms with Crippen LogP contribution in [0.2, 0.25) is 0 Å². The summed E-state index contributed by atoms with van der Waals surface area (Å²) < 4.78 is 6.97. The number of ether oxygens (including phenoxy) is 1. The van der Waals surface area contributed by atoms with Gasteiger partial charge in [-0.25, -0.2) is 0 Å². The minimum Gasteiger partial charge on any atom is -0.497 e. The Morgan fingerprint density at radius 2 is 1.84 bits per heavy atom. The first-order chi connectivity index (χ1) is 17.7. The third-order valence-corrected chi connectivity index (χ3v) is 6.30. The van der Waals surface area contributed by atoms with Crippen molar-refractivity contribution < 1.29 is 19.2 Å². The molecule has 37 heavy (non-hydrogen) atoms. The lowest BCUT2D eigenvalue weighted by atomic mass is 10.0. The number of carbonyl (C=O) groups is 2. The van der Waals surface area contributed by atoms with E-state index in [0.29, 0.717) is 34.5 Å². The zero-order chi connectivity index (χ0) is 26.9. The van der Waals surface area contributed by atoms with Gasteiger partial charge in [0.1, 0.15) is 5.75 Å². The van der Waals surface area contributed by atoms with Crippen molar-refractivity contribution in [2.75, 3.05) is 18.2 Å². The largest absolute Gasteiger partial charge is 0.497 e. The fourth-order valence-electron chi connectivity index (χ4n) is 3.43. The van der Waals surface area contributed by atoms with Crippen LogP contribution in [-0.4, -0.2) is 44.4 Å². The molecule has 0 saturated carbocycles. The first kappa shape index (κ1) is 27.4. The van der Waals surface area contributed by atoms with Gasteiger partial charge in [-0.2, -0.15) is 0 Å². The average molecular weight is 525 g/mol. The zero-order valence-electron chi connectivity index (χ0n) is 20.7. The molecule has 0 bridgehead atoms. The molecule has 0 aliphatic heterocycles. The Balaban J connectivity index is 1.71. The number of nitro groups is 1. The highest BCUT2D eigenvalue weighted by molar-refractivity contribution is 7.99. The first-order valence-electron chi connectivity index (χ1n) is 11.4. The average Bonchev–Trinajstić information content (AvgIpc) is 3.28. The molecule has 0 unspecified atom stereocenters. The second kappa shape index (κ2) is 12.7. The molecule has 2 N–H and O–H groups in total. The van der Waals surface area contributed by atoms with Crippen LogP contribution >= 0.6 is 11.8 Å². The molecule has 3 rings (SSSR count). The zero-order valence-corrected chi connectivity index (χ0v) is 21.5. The summed E-state index contributed by atoms with van der Waals surface area (Å²) in [6.07, 6.45) is 1.69. The van der Waals surface area contributed by atoms with Crippen molar-refractivity contribution in [3.63, 3.8) is 0 Å². The maximum atomic E-state index is 12.9. The third-order valence-electron chi connectivity index (χ3n) is 5.34. The molecule has 0 saturated heterocycles. The van der Waals surface area contributed by atoms with Gasteiger partial charge < -0.3 is 19.9 Å². The smallest absolute Gasteiger partial charge is 0.269 e. The Kier molecular flexibility index (Phi) is 9.39. The minimum atomic E-state index is -0.505. The number of hydrogen-bond acceptors (Lipinski definition) is 8. The normalized spacial score (nSPS) is 11.6. The van der Waals surface area contributed by atoms with Crippen LogP contribution in [0.1, 0.15) is 36.1 Å². The Morgan fingerprint density at radius 3 is 2.41 bits per heavy atom. The van der Waals surface area contributed by atoms with E-state index in [1.54, 1.807) is 37.5 Å². The van der Waals surface area contributed by atoms with Crippen LogP contribution in [0.3, 0.4) is 0 Å². The van der Waals surface area contributed by atoms with Gasteiger partial charge in [0.2, 0.25) is 5.91 Å². The number of hydrogen-bond donors (Lipinski definition) is 2. The van der Waals surface area contributed by atoms with Gasteiger partial charge in [-0.3, -0.25) is 19.7 Å². The molecule has 0 aliphatic carbocycles. The second-order valence-corrected chi connectivity index (χ2v) is 9.25. The van der Waals surface area contributed by atoms with E-state index < -0.39 is 11.0 Å². The fraction of sp³-hybridized carbons (Fsp3) is 0.280. The lowest BCUT2D eigenvalue weighted by Gasteiger charge is -2.22. The summed E-state index contributed by atoms with van der Waals surface area (Å²) in [6.45, 7) is 8.13. The van der Waals surface area contributed by atoms with Crippen molar-refractivity contribution in [1.29, 1.82) is 0 Å². The predicted octanol–water partition coefficient (Wildman–Crippen LogP) is 4.24. The third kappa shape index (κ3) is 7.17. The quantitative estimate of drug-likeness (QED) is 0.155. The number of benzene rings is 2.